The highest BCUT2D eigenvalue weighted by Gasteiger charge is 2.27. The van der Waals surface area contributed by atoms with E-state index in [9.17, 15) is 0 Å². The number of hydrogen-bond acceptors (Lipinski definition) is 5. The highest BCUT2D eigenvalue weighted by Crippen LogP contribution is 2.23. The third-order valence-corrected chi connectivity index (χ3v) is 2.49. The predicted octanol–water partition coefficient (Wildman–Crippen LogP) is 0.729. The lowest BCUT2D eigenvalue weighted by Gasteiger charge is -2.31. The maximum atomic E-state index is 9.15. The van der Waals surface area contributed by atoms with Gasteiger partial charge in [-0.2, -0.15) is 4.98 Å². The van der Waals surface area contributed by atoms with Gasteiger partial charge in [-0.15, -0.1) is 0 Å². The zero-order chi connectivity index (χ0) is 10.8. The Morgan fingerprint density at radius 2 is 2.20 bits per heavy atom. The van der Waals surface area contributed by atoms with Crippen LogP contribution in [0.1, 0.15) is 18.5 Å². The molecule has 15 heavy (non-hydrogen) atoms. The van der Waals surface area contributed by atoms with E-state index < -0.39 is 0 Å². The zero-order valence-corrected chi connectivity index (χ0v) is 8.90. The average Bonchev–Trinajstić information content (AvgIpc) is 2.14. The summed E-state index contributed by atoms with van der Waals surface area (Å²) >= 11 is 0. The van der Waals surface area contributed by atoms with Crippen LogP contribution >= 0.6 is 0 Å². The average molecular weight is 209 g/mol. The van der Waals surface area contributed by atoms with Crippen LogP contribution in [0.5, 0.6) is 5.88 Å². The molecular weight excluding hydrogens is 194 g/mol. The van der Waals surface area contributed by atoms with Crippen molar-refractivity contribution < 1.29 is 9.84 Å². The molecule has 1 saturated carbocycles. The second-order valence-corrected chi connectivity index (χ2v) is 3.84. The molecule has 0 radical (unpaired) electrons. The summed E-state index contributed by atoms with van der Waals surface area (Å²) < 4.78 is 5.05. The molecule has 5 nitrogen and oxygen atoms in total. The number of anilines is 1. The van der Waals surface area contributed by atoms with E-state index in [-0.39, 0.29) is 12.1 Å². The lowest BCUT2D eigenvalue weighted by molar-refractivity contribution is 0.0834. The monoisotopic (exact) mass is 209 g/mol. The van der Waals surface area contributed by atoms with Crippen molar-refractivity contribution in [2.24, 2.45) is 0 Å². The third kappa shape index (κ3) is 2.36. The van der Waals surface area contributed by atoms with E-state index in [2.05, 4.69) is 15.3 Å². The zero-order valence-electron chi connectivity index (χ0n) is 8.90. The molecule has 0 aliphatic heterocycles. The molecule has 0 unspecified atom stereocenters. The molecule has 0 spiro atoms. The largest absolute Gasteiger partial charge is 0.481 e. The second kappa shape index (κ2) is 4.02. The third-order valence-electron chi connectivity index (χ3n) is 2.49. The second-order valence-electron chi connectivity index (χ2n) is 3.84. The minimum atomic E-state index is -0.172. The highest BCUT2D eigenvalue weighted by atomic mass is 16.5. The van der Waals surface area contributed by atoms with Gasteiger partial charge in [0.2, 0.25) is 11.8 Å². The van der Waals surface area contributed by atoms with Gasteiger partial charge < -0.3 is 15.2 Å². The number of aromatic nitrogens is 2. The Kier molecular flexibility index (Phi) is 2.73. The number of nitrogens with zero attached hydrogens (tertiary/aromatic N) is 2. The van der Waals surface area contributed by atoms with Crippen molar-refractivity contribution in [1.29, 1.82) is 0 Å². The van der Waals surface area contributed by atoms with Crippen LogP contribution in [0.4, 0.5) is 5.95 Å². The molecule has 1 aromatic rings. The fourth-order valence-corrected chi connectivity index (χ4v) is 1.60. The van der Waals surface area contributed by atoms with Gasteiger partial charge in [0.05, 0.1) is 13.2 Å². The molecule has 1 aromatic heterocycles. The lowest BCUT2D eigenvalue weighted by Crippen LogP contribution is -2.39. The van der Waals surface area contributed by atoms with Gasteiger partial charge in [0.1, 0.15) is 0 Å². The number of aryl methyl sites for hydroxylation is 1. The summed E-state index contributed by atoms with van der Waals surface area (Å²) in [5.41, 5.74) is 0.865. The Labute approximate surface area is 88.5 Å². The van der Waals surface area contributed by atoms with Crippen molar-refractivity contribution in [3.05, 3.63) is 11.8 Å². The summed E-state index contributed by atoms with van der Waals surface area (Å²) in [5, 5.41) is 12.3. The molecule has 0 saturated heterocycles. The number of hydrogen-bond donors (Lipinski definition) is 2. The van der Waals surface area contributed by atoms with Crippen molar-refractivity contribution in [2.45, 2.75) is 31.9 Å². The topological polar surface area (TPSA) is 67.3 Å². The smallest absolute Gasteiger partial charge is 0.226 e. The minimum absolute atomic E-state index is 0.172. The fourth-order valence-electron chi connectivity index (χ4n) is 1.60. The molecule has 82 valence electrons. The van der Waals surface area contributed by atoms with Gasteiger partial charge in [-0.3, -0.25) is 0 Å². The maximum Gasteiger partial charge on any atom is 0.226 e. The van der Waals surface area contributed by atoms with Crippen molar-refractivity contribution in [2.75, 3.05) is 12.4 Å². The molecule has 1 heterocycles. The molecule has 0 bridgehead atoms. The SMILES string of the molecule is COc1cc(C)nc(NC2CC(O)C2)n1. The molecular formula is C10H15N3O2. The van der Waals surface area contributed by atoms with E-state index in [0.29, 0.717) is 11.8 Å². The summed E-state index contributed by atoms with van der Waals surface area (Å²) in [6.45, 7) is 1.89. The maximum absolute atomic E-state index is 9.15. The number of ether oxygens (including phenoxy) is 1. The van der Waals surface area contributed by atoms with Crippen LogP contribution < -0.4 is 10.1 Å². The first-order valence-corrected chi connectivity index (χ1v) is 5.01. The van der Waals surface area contributed by atoms with Crippen molar-refractivity contribution in [1.82, 2.24) is 9.97 Å². The number of aliphatic hydroxyl groups is 1. The first kappa shape index (κ1) is 10.2. The van der Waals surface area contributed by atoms with Gasteiger partial charge in [-0.05, 0) is 19.8 Å². The van der Waals surface area contributed by atoms with E-state index in [0.717, 1.165) is 18.5 Å². The van der Waals surface area contributed by atoms with E-state index in [1.54, 1.807) is 13.2 Å². The van der Waals surface area contributed by atoms with E-state index >= 15 is 0 Å². The number of aliphatic hydroxyl groups excluding tert-OH is 1. The normalized spacial score (nSPS) is 24.5. The Bertz CT molecular complexity index is 351. The molecule has 0 aromatic carbocycles. The van der Waals surface area contributed by atoms with E-state index in [1.807, 2.05) is 6.92 Å². The molecule has 2 rings (SSSR count). The first-order chi connectivity index (χ1) is 7.17. The van der Waals surface area contributed by atoms with E-state index in [4.69, 9.17) is 9.84 Å². The molecule has 1 fully saturated rings. The van der Waals surface area contributed by atoms with Crippen molar-refractivity contribution in [3.63, 3.8) is 0 Å². The van der Waals surface area contributed by atoms with E-state index in [1.165, 1.54) is 0 Å². The van der Waals surface area contributed by atoms with Gasteiger partial charge in [0, 0.05) is 17.8 Å². The summed E-state index contributed by atoms with van der Waals surface area (Å²) in [5.74, 6) is 1.13. The van der Waals surface area contributed by atoms with Crippen LogP contribution in [0.2, 0.25) is 0 Å². The summed E-state index contributed by atoms with van der Waals surface area (Å²) in [6.07, 6.45) is 1.35. The summed E-state index contributed by atoms with van der Waals surface area (Å²) in [6, 6.07) is 2.06. The Balaban J connectivity index is 2.04. The predicted molar refractivity (Wildman–Crippen MR) is 56.0 cm³/mol. The van der Waals surface area contributed by atoms with Gasteiger partial charge >= 0.3 is 0 Å². The van der Waals surface area contributed by atoms with Crippen LogP contribution in [-0.2, 0) is 0 Å². The molecule has 2 N–H and O–H groups in total. The number of methoxy groups -OCH3 is 1. The highest BCUT2D eigenvalue weighted by molar-refractivity contribution is 5.32. The quantitative estimate of drug-likeness (QED) is 0.768. The van der Waals surface area contributed by atoms with Crippen LogP contribution in [0.3, 0.4) is 0 Å². The lowest BCUT2D eigenvalue weighted by atomic mass is 9.90. The Morgan fingerprint density at radius 3 is 2.80 bits per heavy atom. The summed E-state index contributed by atoms with van der Waals surface area (Å²) in [7, 11) is 1.58. The molecule has 5 heteroatoms. The number of rotatable bonds is 3. The van der Waals surface area contributed by atoms with Gasteiger partial charge in [0.15, 0.2) is 0 Å². The van der Waals surface area contributed by atoms with Crippen LogP contribution in [0, 0.1) is 6.92 Å². The van der Waals surface area contributed by atoms with Gasteiger partial charge in [0.25, 0.3) is 0 Å². The Hall–Kier alpha value is -1.36. The molecule has 0 atom stereocenters. The molecule has 1 aliphatic rings. The van der Waals surface area contributed by atoms with Crippen LogP contribution in [0.25, 0.3) is 0 Å². The summed E-state index contributed by atoms with van der Waals surface area (Å²) in [4.78, 5) is 8.42. The van der Waals surface area contributed by atoms with Crippen molar-refractivity contribution >= 4 is 5.95 Å². The molecule has 1 aliphatic carbocycles. The number of nitrogens with one attached hydrogen (secondary N) is 1. The standard InChI is InChI=1S/C10H15N3O2/c1-6-3-9(15-2)13-10(11-6)12-7-4-8(14)5-7/h3,7-8,14H,4-5H2,1-2H3,(H,11,12,13). The van der Waals surface area contributed by atoms with Gasteiger partial charge in [-0.1, -0.05) is 0 Å². The fraction of sp³-hybridized carbons (Fsp3) is 0.600. The first-order valence-electron chi connectivity index (χ1n) is 5.01. The molecule has 0 amide bonds. The minimum Gasteiger partial charge on any atom is -0.481 e. The van der Waals surface area contributed by atoms with Crippen molar-refractivity contribution in [3.8, 4) is 5.88 Å². The Morgan fingerprint density at radius 1 is 1.47 bits per heavy atom. The van der Waals surface area contributed by atoms with Crippen LogP contribution in [0.15, 0.2) is 6.07 Å². The van der Waals surface area contributed by atoms with Crippen LogP contribution in [-0.4, -0.2) is 34.3 Å². The van der Waals surface area contributed by atoms with Gasteiger partial charge in [-0.25, -0.2) is 4.98 Å².